The van der Waals surface area contributed by atoms with Crippen LogP contribution in [0.25, 0.3) is 11.2 Å². The van der Waals surface area contributed by atoms with Crippen LogP contribution in [-0.4, -0.2) is 19.1 Å². The lowest BCUT2D eigenvalue weighted by molar-refractivity contribution is 0.619. The van der Waals surface area contributed by atoms with E-state index in [1.54, 1.807) is 0 Å². The van der Waals surface area contributed by atoms with Gasteiger partial charge in [-0.05, 0) is 12.5 Å². The van der Waals surface area contributed by atoms with Gasteiger partial charge in [-0.2, -0.15) is 0 Å². The van der Waals surface area contributed by atoms with Crippen LogP contribution in [0.15, 0.2) is 46.2 Å². The normalized spacial score (nSPS) is 11.1. The fourth-order valence-corrected chi connectivity index (χ4v) is 2.30. The van der Waals surface area contributed by atoms with E-state index in [-0.39, 0.29) is 17.8 Å². The molecule has 0 spiro atoms. The molecule has 1 N–H and O–H groups in total. The second-order valence-electron chi connectivity index (χ2n) is 4.50. The summed E-state index contributed by atoms with van der Waals surface area (Å²) in [7, 11) is 0. The molecule has 3 aromatic rings. The zero-order valence-corrected chi connectivity index (χ0v) is 11.0. The number of benzene rings is 1. The Hall–Kier alpha value is -2.63. The van der Waals surface area contributed by atoms with E-state index in [9.17, 15) is 9.59 Å². The van der Waals surface area contributed by atoms with Crippen LogP contribution < -0.4 is 11.2 Å². The van der Waals surface area contributed by atoms with Crippen LogP contribution in [0.5, 0.6) is 0 Å². The van der Waals surface area contributed by atoms with Gasteiger partial charge in [-0.3, -0.25) is 13.9 Å². The van der Waals surface area contributed by atoms with Crippen molar-refractivity contribution in [2.45, 2.75) is 20.0 Å². The summed E-state index contributed by atoms with van der Waals surface area (Å²) < 4.78 is 2.73. The Kier molecular flexibility index (Phi) is 2.98. The average molecular weight is 270 g/mol. The highest BCUT2D eigenvalue weighted by Gasteiger charge is 2.14. The molecule has 20 heavy (non-hydrogen) atoms. The SMILES string of the molecule is CCn1c(=O)n(Cc2ccccc2)c(=O)c2[nH]cnc21. The third kappa shape index (κ3) is 1.85. The molecule has 2 heterocycles. The molecule has 0 aliphatic rings. The number of nitrogens with zero attached hydrogens (tertiary/aromatic N) is 3. The van der Waals surface area contributed by atoms with Gasteiger partial charge < -0.3 is 4.98 Å². The number of H-pyrrole nitrogens is 1. The summed E-state index contributed by atoms with van der Waals surface area (Å²) in [5.74, 6) is 0. The molecule has 0 radical (unpaired) electrons. The number of nitrogens with one attached hydrogen (secondary N) is 1. The summed E-state index contributed by atoms with van der Waals surface area (Å²) in [5.41, 5.74) is 1.01. The quantitative estimate of drug-likeness (QED) is 0.770. The van der Waals surface area contributed by atoms with Gasteiger partial charge in [-0.15, -0.1) is 0 Å². The maximum Gasteiger partial charge on any atom is 0.333 e. The molecule has 0 bridgehead atoms. The van der Waals surface area contributed by atoms with E-state index >= 15 is 0 Å². The summed E-state index contributed by atoms with van der Waals surface area (Å²) in [4.78, 5) is 31.6. The molecule has 3 rings (SSSR count). The molecule has 0 fully saturated rings. The van der Waals surface area contributed by atoms with Gasteiger partial charge in [-0.1, -0.05) is 30.3 Å². The van der Waals surface area contributed by atoms with Gasteiger partial charge in [0.15, 0.2) is 5.65 Å². The predicted octanol–water partition coefficient (Wildman–Crippen LogP) is 0.955. The Labute approximate surface area is 114 Å². The molecule has 2 aromatic heterocycles. The first kappa shape index (κ1) is 12.4. The number of rotatable bonds is 3. The van der Waals surface area contributed by atoms with Crippen molar-refractivity contribution in [2.24, 2.45) is 0 Å². The first-order valence-electron chi connectivity index (χ1n) is 6.43. The van der Waals surface area contributed by atoms with Gasteiger partial charge in [0.1, 0.15) is 5.52 Å². The Morgan fingerprint density at radius 2 is 1.90 bits per heavy atom. The number of aromatic nitrogens is 4. The van der Waals surface area contributed by atoms with Crippen LogP contribution in [-0.2, 0) is 13.1 Å². The van der Waals surface area contributed by atoms with E-state index in [0.717, 1.165) is 5.56 Å². The molecule has 0 aliphatic carbocycles. The summed E-state index contributed by atoms with van der Waals surface area (Å²) in [6, 6.07) is 9.44. The number of aromatic amines is 1. The third-order valence-corrected chi connectivity index (χ3v) is 3.30. The van der Waals surface area contributed by atoms with Crippen molar-refractivity contribution in [3.8, 4) is 0 Å². The lowest BCUT2D eigenvalue weighted by Gasteiger charge is -2.09. The molecular formula is C14H14N4O2. The van der Waals surface area contributed by atoms with Gasteiger partial charge in [0, 0.05) is 6.54 Å². The van der Waals surface area contributed by atoms with E-state index < -0.39 is 0 Å². The first-order chi connectivity index (χ1) is 9.72. The topological polar surface area (TPSA) is 72.7 Å². The van der Waals surface area contributed by atoms with Gasteiger partial charge in [0.2, 0.25) is 0 Å². The van der Waals surface area contributed by atoms with Crippen LogP contribution in [0.3, 0.4) is 0 Å². The molecule has 0 saturated carbocycles. The van der Waals surface area contributed by atoms with E-state index in [1.165, 1.54) is 15.5 Å². The largest absolute Gasteiger partial charge is 0.339 e. The fourth-order valence-electron chi connectivity index (χ4n) is 2.30. The Balaban J connectivity index is 2.25. The van der Waals surface area contributed by atoms with E-state index in [2.05, 4.69) is 9.97 Å². The highest BCUT2D eigenvalue weighted by atomic mass is 16.2. The molecule has 6 nitrogen and oxygen atoms in total. The van der Waals surface area contributed by atoms with E-state index in [0.29, 0.717) is 17.7 Å². The molecule has 6 heteroatoms. The highest BCUT2D eigenvalue weighted by molar-refractivity contribution is 5.68. The molecule has 102 valence electrons. The highest BCUT2D eigenvalue weighted by Crippen LogP contribution is 2.03. The summed E-state index contributed by atoms with van der Waals surface area (Å²) in [6.45, 7) is 2.58. The van der Waals surface area contributed by atoms with Crippen molar-refractivity contribution in [3.05, 3.63) is 63.1 Å². The van der Waals surface area contributed by atoms with Crippen molar-refractivity contribution in [1.82, 2.24) is 19.1 Å². The van der Waals surface area contributed by atoms with Gasteiger partial charge in [0.25, 0.3) is 5.56 Å². The van der Waals surface area contributed by atoms with Crippen LogP contribution in [0.2, 0.25) is 0 Å². The lowest BCUT2D eigenvalue weighted by atomic mass is 10.2. The fraction of sp³-hybridized carbons (Fsp3) is 0.214. The number of hydrogen-bond donors (Lipinski definition) is 1. The molecule has 0 amide bonds. The third-order valence-electron chi connectivity index (χ3n) is 3.30. The number of fused-ring (bicyclic) bond motifs is 1. The lowest BCUT2D eigenvalue weighted by Crippen LogP contribution is -2.40. The molecule has 0 saturated heterocycles. The van der Waals surface area contributed by atoms with Crippen LogP contribution in [0.4, 0.5) is 0 Å². The molecule has 1 aromatic carbocycles. The molecule has 0 unspecified atom stereocenters. The van der Waals surface area contributed by atoms with Crippen molar-refractivity contribution in [2.75, 3.05) is 0 Å². The van der Waals surface area contributed by atoms with Crippen molar-refractivity contribution < 1.29 is 0 Å². The van der Waals surface area contributed by atoms with Gasteiger partial charge in [-0.25, -0.2) is 9.78 Å². The van der Waals surface area contributed by atoms with Crippen molar-refractivity contribution >= 4 is 11.2 Å². The second kappa shape index (κ2) is 4.80. The monoisotopic (exact) mass is 270 g/mol. The van der Waals surface area contributed by atoms with Crippen LogP contribution in [0, 0.1) is 0 Å². The average Bonchev–Trinajstić information content (AvgIpc) is 2.94. The summed E-state index contributed by atoms with van der Waals surface area (Å²) >= 11 is 0. The molecule has 0 aliphatic heterocycles. The first-order valence-corrected chi connectivity index (χ1v) is 6.43. The summed E-state index contributed by atoms with van der Waals surface area (Å²) in [5, 5.41) is 0. The smallest absolute Gasteiger partial charge is 0.333 e. The zero-order chi connectivity index (χ0) is 14.1. The Morgan fingerprint density at radius 1 is 1.15 bits per heavy atom. The Bertz CT molecular complexity index is 858. The summed E-state index contributed by atoms with van der Waals surface area (Å²) in [6.07, 6.45) is 1.44. The van der Waals surface area contributed by atoms with Crippen LogP contribution >= 0.6 is 0 Å². The number of hydrogen-bond acceptors (Lipinski definition) is 3. The molecule has 0 atom stereocenters. The zero-order valence-electron chi connectivity index (χ0n) is 11.0. The number of aryl methyl sites for hydroxylation is 1. The predicted molar refractivity (Wildman–Crippen MR) is 75.8 cm³/mol. The number of imidazole rings is 1. The minimum Gasteiger partial charge on any atom is -0.339 e. The minimum atomic E-state index is -0.337. The Morgan fingerprint density at radius 3 is 2.60 bits per heavy atom. The minimum absolute atomic E-state index is 0.257. The molecular weight excluding hydrogens is 256 g/mol. The van der Waals surface area contributed by atoms with Crippen molar-refractivity contribution in [3.63, 3.8) is 0 Å². The van der Waals surface area contributed by atoms with E-state index in [4.69, 9.17) is 0 Å². The maximum atomic E-state index is 12.4. The second-order valence-corrected chi connectivity index (χ2v) is 4.50. The standard InChI is InChI=1S/C14H14N4O2/c1-2-17-12-11(15-9-16-12)13(19)18(14(17)20)8-10-6-4-3-5-7-10/h3-7,9H,2,8H2,1H3,(H,15,16). The maximum absolute atomic E-state index is 12.4. The van der Waals surface area contributed by atoms with Crippen LogP contribution in [0.1, 0.15) is 12.5 Å². The van der Waals surface area contributed by atoms with Crippen molar-refractivity contribution in [1.29, 1.82) is 0 Å². The van der Waals surface area contributed by atoms with E-state index in [1.807, 2.05) is 37.3 Å². The van der Waals surface area contributed by atoms with Gasteiger partial charge >= 0.3 is 5.69 Å². The van der Waals surface area contributed by atoms with Gasteiger partial charge in [0.05, 0.1) is 12.9 Å².